The average molecular weight is 270 g/mol. The molecule has 0 aliphatic carbocycles. The normalized spacial score (nSPS) is 14.1. The Morgan fingerprint density at radius 3 is 2.90 bits per heavy atom. The molecular weight excluding hydrogens is 248 g/mol. The largest absolute Gasteiger partial charge is 0.361 e. The Morgan fingerprint density at radius 2 is 2.20 bits per heavy atom. The lowest BCUT2D eigenvalue weighted by Crippen LogP contribution is -2.28. The van der Waals surface area contributed by atoms with E-state index in [1.54, 1.807) is 0 Å². The van der Waals surface area contributed by atoms with Gasteiger partial charge in [0.1, 0.15) is 0 Å². The van der Waals surface area contributed by atoms with Gasteiger partial charge < -0.3 is 10.4 Å². The van der Waals surface area contributed by atoms with Crippen LogP contribution >= 0.6 is 0 Å². The third kappa shape index (κ3) is 2.82. The summed E-state index contributed by atoms with van der Waals surface area (Å²) in [6.45, 7) is 4.11. The predicted octanol–water partition coefficient (Wildman–Crippen LogP) is 4.59. The van der Waals surface area contributed by atoms with Gasteiger partial charge in [0.05, 0.1) is 0 Å². The standard InChI is InChI=1S/C17H22N2O/c1-3-4-8-17(2,9-10-18)16(20)14-5-6-15-13(12-14)7-11-19-15/h5-7,10-12,18-19H,3-4,8-9H2,1-2H3. The number of aromatic amines is 1. The van der Waals surface area contributed by atoms with Gasteiger partial charge in [0.2, 0.25) is 0 Å². The number of carbonyl (C=O) groups excluding carboxylic acids is 1. The summed E-state index contributed by atoms with van der Waals surface area (Å²) in [6.07, 6.45) is 6.68. The second-order valence-electron chi connectivity index (χ2n) is 5.68. The van der Waals surface area contributed by atoms with Crippen molar-refractivity contribution in [2.24, 2.45) is 5.41 Å². The molecule has 0 amide bonds. The van der Waals surface area contributed by atoms with Crippen molar-refractivity contribution in [3.8, 4) is 0 Å². The molecule has 2 aromatic rings. The van der Waals surface area contributed by atoms with Gasteiger partial charge in [-0.25, -0.2) is 0 Å². The number of hydrogen-bond donors (Lipinski definition) is 2. The van der Waals surface area contributed by atoms with Gasteiger partial charge in [0.25, 0.3) is 0 Å². The van der Waals surface area contributed by atoms with Gasteiger partial charge in [-0.2, -0.15) is 0 Å². The minimum Gasteiger partial charge on any atom is -0.361 e. The van der Waals surface area contributed by atoms with Crippen molar-refractivity contribution in [1.82, 2.24) is 4.98 Å². The van der Waals surface area contributed by atoms with Crippen LogP contribution in [0, 0.1) is 10.8 Å². The van der Waals surface area contributed by atoms with E-state index in [9.17, 15) is 4.79 Å². The zero-order valence-electron chi connectivity index (χ0n) is 12.2. The fourth-order valence-electron chi connectivity index (χ4n) is 2.64. The van der Waals surface area contributed by atoms with Crippen molar-refractivity contribution in [3.63, 3.8) is 0 Å². The maximum atomic E-state index is 12.8. The van der Waals surface area contributed by atoms with Crippen LogP contribution in [-0.4, -0.2) is 17.0 Å². The van der Waals surface area contributed by atoms with Crippen LogP contribution < -0.4 is 0 Å². The maximum absolute atomic E-state index is 12.8. The molecule has 0 radical (unpaired) electrons. The number of fused-ring (bicyclic) bond motifs is 1. The number of unbranched alkanes of at least 4 members (excludes halogenated alkanes) is 1. The number of Topliss-reactive ketones (excluding diaryl/α,β-unsaturated/α-hetero) is 1. The molecule has 0 bridgehead atoms. The molecule has 1 aromatic carbocycles. The quantitative estimate of drug-likeness (QED) is 0.561. The highest BCUT2D eigenvalue weighted by Gasteiger charge is 2.32. The number of carbonyl (C=O) groups is 1. The van der Waals surface area contributed by atoms with Crippen molar-refractivity contribution in [2.75, 3.05) is 0 Å². The highest BCUT2D eigenvalue weighted by molar-refractivity contribution is 6.03. The molecule has 0 saturated heterocycles. The molecule has 1 atom stereocenters. The fraction of sp³-hybridized carbons (Fsp3) is 0.412. The zero-order chi connectivity index (χ0) is 14.6. The molecule has 1 unspecified atom stereocenters. The number of hydrogen-bond acceptors (Lipinski definition) is 2. The second kappa shape index (κ2) is 6.04. The van der Waals surface area contributed by atoms with Crippen LogP contribution in [0.5, 0.6) is 0 Å². The molecule has 0 fully saturated rings. The topological polar surface area (TPSA) is 56.7 Å². The summed E-state index contributed by atoms with van der Waals surface area (Å²) >= 11 is 0. The van der Waals surface area contributed by atoms with E-state index in [-0.39, 0.29) is 5.78 Å². The third-order valence-electron chi connectivity index (χ3n) is 4.00. The molecular formula is C17H22N2O. The van der Waals surface area contributed by atoms with Crippen LogP contribution in [0.1, 0.15) is 49.9 Å². The van der Waals surface area contributed by atoms with Crippen molar-refractivity contribution in [3.05, 3.63) is 36.0 Å². The number of H-pyrrole nitrogens is 1. The average Bonchev–Trinajstić information content (AvgIpc) is 2.92. The summed E-state index contributed by atoms with van der Waals surface area (Å²) in [7, 11) is 0. The summed E-state index contributed by atoms with van der Waals surface area (Å²) in [5.74, 6) is 0.151. The second-order valence-corrected chi connectivity index (χ2v) is 5.68. The first-order valence-electron chi connectivity index (χ1n) is 7.21. The fourth-order valence-corrected chi connectivity index (χ4v) is 2.64. The zero-order valence-corrected chi connectivity index (χ0v) is 12.2. The molecule has 2 N–H and O–H groups in total. The monoisotopic (exact) mass is 270 g/mol. The van der Waals surface area contributed by atoms with Gasteiger partial charge in [-0.3, -0.25) is 4.79 Å². The van der Waals surface area contributed by atoms with Crippen molar-refractivity contribution >= 4 is 22.9 Å². The van der Waals surface area contributed by atoms with Crippen LogP contribution in [0.15, 0.2) is 30.5 Å². The molecule has 0 aliphatic rings. The van der Waals surface area contributed by atoms with E-state index in [4.69, 9.17) is 5.41 Å². The molecule has 1 heterocycles. The number of benzene rings is 1. The Kier molecular flexibility index (Phi) is 4.38. The van der Waals surface area contributed by atoms with Gasteiger partial charge in [-0.1, -0.05) is 26.7 Å². The van der Waals surface area contributed by atoms with Crippen molar-refractivity contribution in [1.29, 1.82) is 5.41 Å². The molecule has 1 aromatic heterocycles. The van der Waals surface area contributed by atoms with Crippen LogP contribution in [0.2, 0.25) is 0 Å². The van der Waals surface area contributed by atoms with Crippen LogP contribution in [0.3, 0.4) is 0 Å². The molecule has 0 saturated carbocycles. The van der Waals surface area contributed by atoms with Gasteiger partial charge >= 0.3 is 0 Å². The molecule has 106 valence electrons. The predicted molar refractivity (Wildman–Crippen MR) is 83.7 cm³/mol. The van der Waals surface area contributed by atoms with Crippen LogP contribution in [0.25, 0.3) is 10.9 Å². The first-order chi connectivity index (χ1) is 9.60. The first-order valence-corrected chi connectivity index (χ1v) is 7.21. The van der Waals surface area contributed by atoms with E-state index in [2.05, 4.69) is 11.9 Å². The van der Waals surface area contributed by atoms with E-state index >= 15 is 0 Å². The summed E-state index contributed by atoms with van der Waals surface area (Å²) in [6, 6.07) is 7.76. The summed E-state index contributed by atoms with van der Waals surface area (Å²) in [4.78, 5) is 16.0. The van der Waals surface area contributed by atoms with E-state index in [1.165, 1.54) is 6.21 Å². The highest BCUT2D eigenvalue weighted by atomic mass is 16.1. The minimum atomic E-state index is -0.457. The Morgan fingerprint density at radius 1 is 1.40 bits per heavy atom. The lowest BCUT2D eigenvalue weighted by Gasteiger charge is -2.26. The molecule has 0 spiro atoms. The Hall–Kier alpha value is -1.90. The molecule has 0 aliphatic heterocycles. The number of ketones is 1. The Bertz CT molecular complexity index is 614. The highest BCUT2D eigenvalue weighted by Crippen LogP contribution is 2.32. The minimum absolute atomic E-state index is 0.151. The van der Waals surface area contributed by atoms with E-state index in [0.717, 1.165) is 35.7 Å². The number of rotatable bonds is 7. The smallest absolute Gasteiger partial charge is 0.169 e. The van der Waals surface area contributed by atoms with E-state index in [0.29, 0.717) is 6.42 Å². The molecule has 3 nitrogen and oxygen atoms in total. The van der Waals surface area contributed by atoms with E-state index in [1.807, 2.05) is 37.4 Å². The van der Waals surface area contributed by atoms with E-state index < -0.39 is 5.41 Å². The first kappa shape index (κ1) is 14.5. The molecule has 3 heteroatoms. The third-order valence-corrected chi connectivity index (χ3v) is 4.00. The van der Waals surface area contributed by atoms with Gasteiger partial charge in [-0.15, -0.1) is 0 Å². The summed E-state index contributed by atoms with van der Waals surface area (Å²) in [5.41, 5.74) is 1.34. The SMILES string of the molecule is CCCCC(C)(CC=N)C(=O)c1ccc2[nH]ccc2c1. The molecule has 20 heavy (non-hydrogen) atoms. The van der Waals surface area contributed by atoms with Crippen LogP contribution in [-0.2, 0) is 0 Å². The Balaban J connectivity index is 2.32. The van der Waals surface area contributed by atoms with Crippen molar-refractivity contribution < 1.29 is 4.79 Å². The number of nitrogens with one attached hydrogen (secondary N) is 2. The van der Waals surface area contributed by atoms with Gasteiger partial charge in [0.15, 0.2) is 5.78 Å². The lowest BCUT2D eigenvalue weighted by molar-refractivity contribution is 0.0809. The van der Waals surface area contributed by atoms with Crippen molar-refractivity contribution in [2.45, 2.75) is 39.5 Å². The Labute approximate surface area is 119 Å². The molecule has 2 rings (SSSR count). The maximum Gasteiger partial charge on any atom is 0.169 e. The summed E-state index contributed by atoms with van der Waals surface area (Å²) in [5, 5.41) is 8.43. The van der Waals surface area contributed by atoms with Gasteiger partial charge in [-0.05, 0) is 43.3 Å². The number of aromatic nitrogens is 1. The van der Waals surface area contributed by atoms with Gasteiger partial charge in [0, 0.05) is 28.1 Å². The summed E-state index contributed by atoms with van der Waals surface area (Å²) < 4.78 is 0. The van der Waals surface area contributed by atoms with Crippen LogP contribution in [0.4, 0.5) is 0 Å². The lowest BCUT2D eigenvalue weighted by atomic mass is 9.75.